The number of rotatable bonds is 2. The fourth-order valence-corrected chi connectivity index (χ4v) is 5.90. The Morgan fingerprint density at radius 1 is 1.17 bits per heavy atom. The summed E-state index contributed by atoms with van der Waals surface area (Å²) < 4.78 is 36.0. The number of benzene rings is 1. The van der Waals surface area contributed by atoms with Crippen LogP contribution in [-0.2, 0) is 10.0 Å². The van der Waals surface area contributed by atoms with Crippen LogP contribution in [0.1, 0.15) is 19.3 Å². The van der Waals surface area contributed by atoms with E-state index in [0.717, 1.165) is 44.1 Å². The minimum Gasteiger partial charge on any atom is -0.317 e. The highest BCUT2D eigenvalue weighted by atomic mass is 35.5. The lowest BCUT2D eigenvalue weighted by Crippen LogP contribution is -2.39. The van der Waals surface area contributed by atoms with Crippen molar-refractivity contribution in [3.8, 4) is 0 Å². The summed E-state index contributed by atoms with van der Waals surface area (Å²) >= 11 is 1.06. The van der Waals surface area contributed by atoms with Gasteiger partial charge in [0, 0.05) is 13.1 Å². The molecule has 126 valence electrons. The van der Waals surface area contributed by atoms with Crippen LogP contribution in [0.5, 0.6) is 0 Å². The second kappa shape index (κ2) is 6.25. The van der Waals surface area contributed by atoms with Crippen LogP contribution >= 0.6 is 24.1 Å². The van der Waals surface area contributed by atoms with Crippen molar-refractivity contribution in [3.63, 3.8) is 0 Å². The third-order valence-electron chi connectivity index (χ3n) is 4.93. The van der Waals surface area contributed by atoms with Crippen LogP contribution in [0.4, 0.5) is 0 Å². The van der Waals surface area contributed by atoms with Crippen LogP contribution in [0.25, 0.3) is 11.0 Å². The second-order valence-corrected chi connectivity index (χ2v) is 8.66. The van der Waals surface area contributed by atoms with E-state index in [1.165, 1.54) is 0 Å². The molecule has 9 heteroatoms. The van der Waals surface area contributed by atoms with Gasteiger partial charge >= 0.3 is 0 Å². The molecule has 1 N–H and O–H groups in total. The van der Waals surface area contributed by atoms with Gasteiger partial charge in [-0.05, 0) is 49.9 Å². The monoisotopic (exact) mass is 374 g/mol. The molecular formula is C14H19ClN4O2S2. The summed E-state index contributed by atoms with van der Waals surface area (Å²) in [4.78, 5) is 0.296. The highest BCUT2D eigenvalue weighted by Crippen LogP contribution is 2.41. The molecule has 4 rings (SSSR count). The van der Waals surface area contributed by atoms with Crippen LogP contribution in [0, 0.1) is 5.41 Å². The molecule has 0 amide bonds. The first-order chi connectivity index (χ1) is 10.6. The summed E-state index contributed by atoms with van der Waals surface area (Å²) in [7, 11) is -3.49. The lowest BCUT2D eigenvalue weighted by atomic mass is 9.78. The van der Waals surface area contributed by atoms with Gasteiger partial charge in [-0.1, -0.05) is 6.07 Å². The zero-order valence-corrected chi connectivity index (χ0v) is 15.0. The Balaban J connectivity index is 0.00000156. The molecule has 0 aliphatic carbocycles. The largest absolute Gasteiger partial charge is 0.317 e. The molecule has 1 aromatic heterocycles. The van der Waals surface area contributed by atoms with E-state index < -0.39 is 10.0 Å². The third-order valence-corrected chi connectivity index (χ3v) is 7.35. The van der Waals surface area contributed by atoms with E-state index >= 15 is 0 Å². The number of nitrogens with zero attached hydrogens (tertiary/aromatic N) is 3. The van der Waals surface area contributed by atoms with E-state index in [9.17, 15) is 8.42 Å². The molecule has 0 unspecified atom stereocenters. The summed E-state index contributed by atoms with van der Waals surface area (Å²) in [6.45, 7) is 3.21. The molecule has 23 heavy (non-hydrogen) atoms. The molecule has 2 saturated heterocycles. The van der Waals surface area contributed by atoms with E-state index in [-0.39, 0.29) is 17.8 Å². The Kier molecular flexibility index (Phi) is 4.63. The number of piperidine rings is 1. The molecular weight excluding hydrogens is 356 g/mol. The Labute approximate surface area is 146 Å². The average molecular weight is 375 g/mol. The number of hydrogen-bond donors (Lipinski definition) is 1. The maximum absolute atomic E-state index is 13.0. The molecule has 1 aromatic carbocycles. The normalized spacial score (nSPS) is 21.6. The van der Waals surface area contributed by atoms with Gasteiger partial charge in [-0.2, -0.15) is 13.1 Å². The molecule has 2 aromatic rings. The number of aromatic nitrogens is 2. The number of nitrogens with one attached hydrogen (secondary N) is 1. The number of fused-ring (bicyclic) bond motifs is 1. The fraction of sp³-hybridized carbons (Fsp3) is 0.571. The zero-order valence-electron chi connectivity index (χ0n) is 12.6. The minimum absolute atomic E-state index is 0. The van der Waals surface area contributed by atoms with Crippen molar-refractivity contribution in [2.24, 2.45) is 5.41 Å². The van der Waals surface area contributed by atoms with Crippen LogP contribution in [0.2, 0.25) is 0 Å². The van der Waals surface area contributed by atoms with Crippen LogP contribution in [0.15, 0.2) is 23.1 Å². The number of hydrogen-bond acceptors (Lipinski definition) is 6. The first kappa shape index (κ1) is 17.0. The lowest BCUT2D eigenvalue weighted by Gasteiger charge is -2.33. The number of sulfonamides is 1. The van der Waals surface area contributed by atoms with E-state index in [1.54, 1.807) is 22.5 Å². The first-order valence-electron chi connectivity index (χ1n) is 7.53. The maximum atomic E-state index is 13.0. The van der Waals surface area contributed by atoms with Crippen molar-refractivity contribution >= 4 is 45.2 Å². The van der Waals surface area contributed by atoms with E-state index in [0.29, 0.717) is 29.0 Å². The molecule has 2 aliphatic heterocycles. The van der Waals surface area contributed by atoms with Crippen molar-refractivity contribution in [2.75, 3.05) is 26.2 Å². The van der Waals surface area contributed by atoms with Crippen LogP contribution < -0.4 is 5.32 Å². The molecule has 3 heterocycles. The second-order valence-electron chi connectivity index (χ2n) is 6.23. The molecule has 0 atom stereocenters. The average Bonchev–Trinajstić information content (AvgIpc) is 3.15. The SMILES string of the molecule is Cl.O=S(=O)(c1cccc2nsnc12)N1CCC2(CCNCC2)C1. The highest BCUT2D eigenvalue weighted by Gasteiger charge is 2.43. The van der Waals surface area contributed by atoms with Crippen molar-refractivity contribution in [1.82, 2.24) is 18.4 Å². The zero-order chi connectivity index (χ0) is 15.2. The van der Waals surface area contributed by atoms with Gasteiger partial charge in [0.1, 0.15) is 15.9 Å². The summed E-state index contributed by atoms with van der Waals surface area (Å²) in [5, 5.41) is 3.36. The molecule has 6 nitrogen and oxygen atoms in total. The van der Waals surface area contributed by atoms with Crippen molar-refractivity contribution in [3.05, 3.63) is 18.2 Å². The quantitative estimate of drug-likeness (QED) is 0.868. The van der Waals surface area contributed by atoms with Gasteiger partial charge in [-0.25, -0.2) is 8.42 Å². The fourth-order valence-electron chi connectivity index (χ4n) is 3.59. The molecule has 0 radical (unpaired) electrons. The molecule has 2 aliphatic rings. The van der Waals surface area contributed by atoms with Crippen LogP contribution in [0.3, 0.4) is 0 Å². The van der Waals surface area contributed by atoms with Gasteiger partial charge in [-0.15, -0.1) is 12.4 Å². The first-order valence-corrected chi connectivity index (χ1v) is 9.70. The van der Waals surface area contributed by atoms with Crippen molar-refractivity contribution in [2.45, 2.75) is 24.2 Å². The van der Waals surface area contributed by atoms with E-state index in [2.05, 4.69) is 14.1 Å². The molecule has 2 fully saturated rings. The van der Waals surface area contributed by atoms with Crippen molar-refractivity contribution < 1.29 is 8.42 Å². The predicted molar refractivity (Wildman–Crippen MR) is 92.6 cm³/mol. The summed E-state index contributed by atoms with van der Waals surface area (Å²) in [5.74, 6) is 0. The van der Waals surface area contributed by atoms with Gasteiger partial charge < -0.3 is 5.32 Å². The highest BCUT2D eigenvalue weighted by molar-refractivity contribution is 7.89. The third kappa shape index (κ3) is 2.87. The minimum atomic E-state index is -3.49. The van der Waals surface area contributed by atoms with Crippen molar-refractivity contribution in [1.29, 1.82) is 0 Å². The van der Waals surface area contributed by atoms with Gasteiger partial charge in [0.2, 0.25) is 10.0 Å². The Morgan fingerprint density at radius 2 is 1.96 bits per heavy atom. The van der Waals surface area contributed by atoms with E-state index in [4.69, 9.17) is 0 Å². The van der Waals surface area contributed by atoms with Crippen LogP contribution in [-0.4, -0.2) is 47.6 Å². The summed E-state index contributed by atoms with van der Waals surface area (Å²) in [6, 6.07) is 5.19. The van der Waals surface area contributed by atoms with Gasteiger partial charge in [0.15, 0.2) is 0 Å². The van der Waals surface area contributed by atoms with Gasteiger partial charge in [-0.3, -0.25) is 0 Å². The molecule has 0 saturated carbocycles. The van der Waals surface area contributed by atoms with Gasteiger partial charge in [0.25, 0.3) is 0 Å². The Bertz CT molecular complexity index is 802. The summed E-state index contributed by atoms with van der Waals surface area (Å²) in [5.41, 5.74) is 1.31. The lowest BCUT2D eigenvalue weighted by molar-refractivity contribution is 0.218. The summed E-state index contributed by atoms with van der Waals surface area (Å²) in [6.07, 6.45) is 3.07. The smallest absolute Gasteiger partial charge is 0.245 e. The molecule has 0 bridgehead atoms. The predicted octanol–water partition coefficient (Wildman–Crippen LogP) is 1.88. The topological polar surface area (TPSA) is 75.2 Å². The van der Waals surface area contributed by atoms with E-state index in [1.807, 2.05) is 0 Å². The number of halogens is 1. The Morgan fingerprint density at radius 3 is 2.74 bits per heavy atom. The Hall–Kier alpha value is -0.800. The molecule has 1 spiro atoms. The maximum Gasteiger partial charge on any atom is 0.245 e. The standard InChI is InChI=1S/C14H18N4O2S2.ClH/c19-22(20,12-3-1-2-11-13(12)17-21-16-11)18-9-6-14(10-18)4-7-15-8-5-14;/h1-3,15H,4-10H2;1H. The van der Waals surface area contributed by atoms with Gasteiger partial charge in [0.05, 0.1) is 11.7 Å².